The number of fused-ring (bicyclic) bond motifs is 4. The zero-order valence-corrected chi connectivity index (χ0v) is 21.4. The van der Waals surface area contributed by atoms with E-state index in [1.165, 1.54) is 0 Å². The number of ketones is 2. The van der Waals surface area contributed by atoms with Gasteiger partial charge in [0.1, 0.15) is 11.6 Å². The molecule has 6 nitrogen and oxygen atoms in total. The van der Waals surface area contributed by atoms with E-state index in [9.17, 15) is 19.2 Å². The lowest BCUT2D eigenvalue weighted by Gasteiger charge is -2.38. The van der Waals surface area contributed by atoms with Gasteiger partial charge in [-0.3, -0.25) is 19.2 Å². The molecule has 0 saturated heterocycles. The van der Waals surface area contributed by atoms with Gasteiger partial charge in [-0.2, -0.15) is 0 Å². The van der Waals surface area contributed by atoms with E-state index >= 15 is 0 Å². The van der Waals surface area contributed by atoms with Crippen molar-refractivity contribution in [2.24, 2.45) is 32.5 Å². The van der Waals surface area contributed by atoms with Crippen molar-refractivity contribution in [3.63, 3.8) is 0 Å². The monoisotopic (exact) mass is 458 g/mol. The lowest BCUT2D eigenvalue weighted by Crippen LogP contribution is -2.47. The Balaban J connectivity index is 1.20. The molecule has 2 amide bonds. The summed E-state index contributed by atoms with van der Waals surface area (Å²) < 4.78 is 0. The second-order valence-electron chi connectivity index (χ2n) is 12.9. The number of carbonyl (C=O) groups is 4. The molecule has 0 unspecified atom stereocenters. The van der Waals surface area contributed by atoms with Crippen molar-refractivity contribution in [2.45, 2.75) is 99.3 Å². The summed E-state index contributed by atoms with van der Waals surface area (Å²) in [6.07, 6.45) is 6.51. The number of rotatable bonds is 8. The highest BCUT2D eigenvalue weighted by molar-refractivity contribution is 6.00. The first-order valence-corrected chi connectivity index (χ1v) is 12.9. The third kappa shape index (κ3) is 2.84. The Morgan fingerprint density at radius 2 is 1.00 bits per heavy atom. The van der Waals surface area contributed by atoms with E-state index in [-0.39, 0.29) is 45.0 Å². The second-order valence-corrected chi connectivity index (χ2v) is 12.9. The van der Waals surface area contributed by atoms with Crippen molar-refractivity contribution >= 4 is 23.4 Å². The molecule has 33 heavy (non-hydrogen) atoms. The standard InChI is InChI=1S/C27H42N2O4/c1-22(2)24(5)10-12-26(22,16-18(24)30)20(32)28-14-8-7-9-15-29-21(33)27-13-11-25(6,19(31)17-27)23(27,3)4/h7-17H2,1-6H3,(H,28,32)(H,29,33)/t24-,25+,26-,27-/m0/s1. The fraction of sp³-hybridized carbons (Fsp3) is 0.852. The van der Waals surface area contributed by atoms with Crippen molar-refractivity contribution in [3.05, 3.63) is 0 Å². The van der Waals surface area contributed by atoms with Crippen LogP contribution in [-0.2, 0) is 19.2 Å². The summed E-state index contributed by atoms with van der Waals surface area (Å²) in [5, 5.41) is 6.21. The average Bonchev–Trinajstić information content (AvgIpc) is 3.20. The van der Waals surface area contributed by atoms with Crippen LogP contribution < -0.4 is 10.6 Å². The van der Waals surface area contributed by atoms with Crippen LogP contribution in [-0.4, -0.2) is 36.5 Å². The number of nitrogens with one attached hydrogen (secondary N) is 2. The van der Waals surface area contributed by atoms with Gasteiger partial charge >= 0.3 is 0 Å². The highest BCUT2D eigenvalue weighted by Gasteiger charge is 2.73. The lowest BCUT2D eigenvalue weighted by molar-refractivity contribution is -0.136. The van der Waals surface area contributed by atoms with Gasteiger partial charge in [-0.05, 0) is 55.8 Å². The van der Waals surface area contributed by atoms with Crippen LogP contribution in [0.3, 0.4) is 0 Å². The van der Waals surface area contributed by atoms with E-state index < -0.39 is 10.8 Å². The summed E-state index contributed by atoms with van der Waals surface area (Å²) in [5.41, 5.74) is -2.50. The third-order valence-electron chi connectivity index (χ3n) is 11.7. The van der Waals surface area contributed by atoms with Gasteiger partial charge < -0.3 is 10.6 Å². The summed E-state index contributed by atoms with van der Waals surface area (Å²) in [6, 6.07) is 0. The first-order valence-electron chi connectivity index (χ1n) is 12.9. The molecule has 4 fully saturated rings. The van der Waals surface area contributed by atoms with Gasteiger partial charge in [0.25, 0.3) is 0 Å². The van der Waals surface area contributed by atoms with Crippen molar-refractivity contribution in [1.82, 2.24) is 10.6 Å². The Bertz CT molecular complexity index is 836. The topological polar surface area (TPSA) is 92.3 Å². The fourth-order valence-electron chi connectivity index (χ4n) is 7.89. The van der Waals surface area contributed by atoms with Gasteiger partial charge in [0.15, 0.2) is 0 Å². The molecule has 4 atom stereocenters. The molecule has 4 aliphatic rings. The van der Waals surface area contributed by atoms with Crippen LogP contribution >= 0.6 is 0 Å². The maximum atomic E-state index is 13.1. The Hall–Kier alpha value is -1.72. The minimum atomic E-state index is -0.562. The summed E-state index contributed by atoms with van der Waals surface area (Å²) in [6.45, 7) is 13.6. The van der Waals surface area contributed by atoms with Crippen LogP contribution in [0, 0.1) is 32.5 Å². The zero-order valence-electron chi connectivity index (χ0n) is 21.4. The van der Waals surface area contributed by atoms with Crippen LogP contribution in [0.5, 0.6) is 0 Å². The number of amides is 2. The molecule has 6 heteroatoms. The minimum absolute atomic E-state index is 0.0342. The molecule has 0 aromatic rings. The molecule has 4 saturated carbocycles. The molecule has 184 valence electrons. The fourth-order valence-corrected chi connectivity index (χ4v) is 7.89. The van der Waals surface area contributed by atoms with E-state index in [1.807, 2.05) is 13.8 Å². The quantitative estimate of drug-likeness (QED) is 0.539. The predicted octanol–water partition coefficient (Wildman–Crippen LogP) is 3.96. The molecular formula is C27H42N2O4. The molecule has 0 spiro atoms. The normalized spacial score (nSPS) is 39.8. The Labute approximate surface area is 198 Å². The maximum absolute atomic E-state index is 13.1. The first-order chi connectivity index (χ1) is 15.2. The van der Waals surface area contributed by atoms with E-state index in [0.29, 0.717) is 25.9 Å². The van der Waals surface area contributed by atoms with E-state index in [4.69, 9.17) is 0 Å². The summed E-state index contributed by atoms with van der Waals surface area (Å²) in [4.78, 5) is 51.3. The number of hydrogen-bond acceptors (Lipinski definition) is 4. The molecule has 0 aliphatic heterocycles. The Morgan fingerprint density at radius 1 is 0.636 bits per heavy atom. The highest BCUT2D eigenvalue weighted by Crippen LogP contribution is 2.71. The van der Waals surface area contributed by atoms with Gasteiger partial charge in [-0.15, -0.1) is 0 Å². The lowest BCUT2D eigenvalue weighted by atomic mass is 9.64. The second kappa shape index (κ2) is 7.39. The summed E-state index contributed by atoms with van der Waals surface area (Å²) in [5.74, 6) is 0.538. The number of Topliss-reactive ketones (excluding diaryl/α,β-unsaturated/α-hetero) is 2. The molecule has 4 bridgehead atoms. The average molecular weight is 459 g/mol. The Kier molecular flexibility index (Phi) is 5.46. The van der Waals surface area contributed by atoms with Crippen LogP contribution in [0.2, 0.25) is 0 Å². The van der Waals surface area contributed by atoms with Crippen LogP contribution in [0.15, 0.2) is 0 Å². The summed E-state index contributed by atoms with van der Waals surface area (Å²) in [7, 11) is 0. The molecule has 0 aromatic carbocycles. The molecule has 4 rings (SSSR count). The Morgan fingerprint density at radius 3 is 1.27 bits per heavy atom. The van der Waals surface area contributed by atoms with Crippen molar-refractivity contribution in [3.8, 4) is 0 Å². The van der Waals surface area contributed by atoms with Gasteiger partial charge in [-0.25, -0.2) is 0 Å². The van der Waals surface area contributed by atoms with E-state index in [2.05, 4.69) is 38.3 Å². The highest BCUT2D eigenvalue weighted by atomic mass is 16.2. The maximum Gasteiger partial charge on any atom is 0.227 e. The smallest absolute Gasteiger partial charge is 0.227 e. The van der Waals surface area contributed by atoms with Crippen LogP contribution in [0.25, 0.3) is 0 Å². The summed E-state index contributed by atoms with van der Waals surface area (Å²) >= 11 is 0. The minimum Gasteiger partial charge on any atom is -0.356 e. The molecule has 0 aromatic heterocycles. The van der Waals surface area contributed by atoms with Crippen molar-refractivity contribution < 1.29 is 19.2 Å². The molecule has 0 heterocycles. The molecular weight excluding hydrogens is 416 g/mol. The third-order valence-corrected chi connectivity index (χ3v) is 11.7. The van der Waals surface area contributed by atoms with E-state index in [0.717, 1.165) is 44.9 Å². The van der Waals surface area contributed by atoms with Gasteiger partial charge in [0.2, 0.25) is 11.8 Å². The number of hydrogen-bond donors (Lipinski definition) is 2. The van der Waals surface area contributed by atoms with Gasteiger partial charge in [0, 0.05) is 36.8 Å². The first kappa shape index (κ1) is 24.4. The molecule has 2 N–H and O–H groups in total. The van der Waals surface area contributed by atoms with Crippen LogP contribution in [0.4, 0.5) is 0 Å². The van der Waals surface area contributed by atoms with Crippen molar-refractivity contribution in [2.75, 3.05) is 13.1 Å². The van der Waals surface area contributed by atoms with Crippen LogP contribution in [0.1, 0.15) is 99.3 Å². The zero-order chi connectivity index (χ0) is 24.5. The number of unbranched alkanes of at least 4 members (excludes halogenated alkanes) is 2. The van der Waals surface area contributed by atoms with Crippen molar-refractivity contribution in [1.29, 1.82) is 0 Å². The predicted molar refractivity (Wildman–Crippen MR) is 126 cm³/mol. The molecule has 0 radical (unpaired) electrons. The van der Waals surface area contributed by atoms with Gasteiger partial charge in [-0.1, -0.05) is 41.5 Å². The number of carbonyl (C=O) groups excluding carboxylic acids is 4. The van der Waals surface area contributed by atoms with Gasteiger partial charge in [0.05, 0.1) is 10.8 Å². The molecule has 4 aliphatic carbocycles. The largest absolute Gasteiger partial charge is 0.356 e. The SMILES string of the molecule is CC1(C)[C@@]2(C(=O)NCCCCCNC(=O)[C@]34CC[C@](C)(C(=O)C3)C4(C)C)CC[C@@]1(C)C(=O)C2. The van der Waals surface area contributed by atoms with E-state index in [1.54, 1.807) is 0 Å².